The first-order valence-corrected chi connectivity index (χ1v) is 6.40. The highest BCUT2D eigenvalue weighted by Crippen LogP contribution is 2.28. The van der Waals surface area contributed by atoms with Gasteiger partial charge in [-0.1, -0.05) is 6.07 Å². The van der Waals surface area contributed by atoms with Crippen LogP contribution in [0.5, 0.6) is 0 Å². The van der Waals surface area contributed by atoms with E-state index in [1.165, 1.54) is 0 Å². The van der Waals surface area contributed by atoms with Crippen molar-refractivity contribution in [1.82, 2.24) is 0 Å². The number of anilines is 1. The van der Waals surface area contributed by atoms with E-state index in [-0.39, 0.29) is 11.9 Å². The minimum absolute atomic E-state index is 0.192. The van der Waals surface area contributed by atoms with Crippen molar-refractivity contribution < 1.29 is 4.79 Å². The van der Waals surface area contributed by atoms with Crippen LogP contribution < -0.4 is 16.4 Å². The zero-order valence-electron chi connectivity index (χ0n) is 11.0. The van der Waals surface area contributed by atoms with Gasteiger partial charge in [0.25, 0.3) is 5.91 Å². The molecule has 0 radical (unpaired) electrons. The quantitative estimate of drug-likeness (QED) is 0.844. The maximum absolute atomic E-state index is 11.5. The minimum atomic E-state index is -0.366. The Morgan fingerprint density at radius 2 is 2.22 bits per heavy atom. The van der Waals surface area contributed by atoms with Gasteiger partial charge in [-0.15, -0.1) is 0 Å². The van der Waals surface area contributed by atoms with Crippen LogP contribution in [-0.4, -0.2) is 25.0 Å². The average molecular weight is 247 g/mol. The SMILES string of the molecule is Cc1ccc(C(N)=O)c(N2CCC(C(C)N)C2)c1. The third-order valence-corrected chi connectivity index (χ3v) is 3.73. The van der Waals surface area contributed by atoms with E-state index < -0.39 is 0 Å². The van der Waals surface area contributed by atoms with E-state index in [9.17, 15) is 4.79 Å². The lowest BCUT2D eigenvalue weighted by atomic mass is 10.0. The van der Waals surface area contributed by atoms with Gasteiger partial charge >= 0.3 is 0 Å². The zero-order chi connectivity index (χ0) is 13.3. The number of aryl methyl sites for hydroxylation is 1. The summed E-state index contributed by atoms with van der Waals surface area (Å²) in [6, 6.07) is 5.95. The third-order valence-electron chi connectivity index (χ3n) is 3.73. The van der Waals surface area contributed by atoms with Crippen molar-refractivity contribution in [3.63, 3.8) is 0 Å². The van der Waals surface area contributed by atoms with Crippen molar-refractivity contribution in [2.75, 3.05) is 18.0 Å². The fraction of sp³-hybridized carbons (Fsp3) is 0.500. The molecule has 0 bridgehead atoms. The second-order valence-electron chi connectivity index (χ2n) is 5.24. The standard InChI is InChI=1S/C14H21N3O/c1-9-3-4-12(14(16)18)13(7-9)17-6-5-11(8-17)10(2)15/h3-4,7,10-11H,5-6,8,15H2,1-2H3,(H2,16,18). The lowest BCUT2D eigenvalue weighted by molar-refractivity contribution is 0.100. The fourth-order valence-corrected chi connectivity index (χ4v) is 2.55. The van der Waals surface area contributed by atoms with Crippen LogP contribution in [-0.2, 0) is 0 Å². The minimum Gasteiger partial charge on any atom is -0.371 e. The second-order valence-corrected chi connectivity index (χ2v) is 5.24. The van der Waals surface area contributed by atoms with Crippen molar-refractivity contribution in [2.24, 2.45) is 17.4 Å². The summed E-state index contributed by atoms with van der Waals surface area (Å²) in [4.78, 5) is 13.7. The molecule has 2 unspecified atom stereocenters. The Balaban J connectivity index is 2.28. The predicted molar refractivity (Wildman–Crippen MR) is 73.7 cm³/mol. The molecule has 0 saturated carbocycles. The number of carbonyl (C=O) groups is 1. The van der Waals surface area contributed by atoms with Gasteiger partial charge in [-0.2, -0.15) is 0 Å². The van der Waals surface area contributed by atoms with Crippen molar-refractivity contribution in [1.29, 1.82) is 0 Å². The summed E-state index contributed by atoms with van der Waals surface area (Å²) in [6.45, 7) is 5.91. The molecule has 4 heteroatoms. The molecule has 1 fully saturated rings. The van der Waals surface area contributed by atoms with E-state index >= 15 is 0 Å². The summed E-state index contributed by atoms with van der Waals surface area (Å²) >= 11 is 0. The van der Waals surface area contributed by atoms with Gasteiger partial charge in [0.05, 0.1) is 5.56 Å². The van der Waals surface area contributed by atoms with Crippen LogP contribution in [0.2, 0.25) is 0 Å². The number of amides is 1. The molecule has 2 rings (SSSR count). The largest absolute Gasteiger partial charge is 0.371 e. The number of nitrogens with zero attached hydrogens (tertiary/aromatic N) is 1. The monoisotopic (exact) mass is 247 g/mol. The van der Waals surface area contributed by atoms with Crippen LogP contribution in [0.3, 0.4) is 0 Å². The molecule has 0 aliphatic carbocycles. The number of carbonyl (C=O) groups excluding carboxylic acids is 1. The van der Waals surface area contributed by atoms with Gasteiger partial charge < -0.3 is 16.4 Å². The van der Waals surface area contributed by atoms with E-state index in [1.54, 1.807) is 0 Å². The molecule has 1 aliphatic rings. The van der Waals surface area contributed by atoms with Gasteiger partial charge in [0.2, 0.25) is 0 Å². The van der Waals surface area contributed by atoms with Crippen LogP contribution in [0.25, 0.3) is 0 Å². The molecule has 4 N–H and O–H groups in total. The molecule has 0 aromatic heterocycles. The Labute approximate surface area is 108 Å². The summed E-state index contributed by atoms with van der Waals surface area (Å²) in [5, 5.41) is 0. The highest BCUT2D eigenvalue weighted by Gasteiger charge is 2.27. The van der Waals surface area contributed by atoms with Crippen LogP contribution >= 0.6 is 0 Å². The Kier molecular flexibility index (Phi) is 3.57. The van der Waals surface area contributed by atoms with Gasteiger partial charge in [-0.3, -0.25) is 4.79 Å². The molecule has 2 atom stereocenters. The molecule has 1 saturated heterocycles. The number of primary amides is 1. The number of nitrogens with two attached hydrogens (primary N) is 2. The fourth-order valence-electron chi connectivity index (χ4n) is 2.55. The van der Waals surface area contributed by atoms with Crippen LogP contribution in [0, 0.1) is 12.8 Å². The summed E-state index contributed by atoms with van der Waals surface area (Å²) in [5.41, 5.74) is 14.1. The second kappa shape index (κ2) is 4.98. The van der Waals surface area contributed by atoms with Crippen molar-refractivity contribution >= 4 is 11.6 Å². The molecule has 1 aliphatic heterocycles. The van der Waals surface area contributed by atoms with Gasteiger partial charge in [0, 0.05) is 24.8 Å². The molecule has 4 nitrogen and oxygen atoms in total. The molecule has 1 aromatic rings. The predicted octanol–water partition coefficient (Wildman–Crippen LogP) is 1.27. The maximum Gasteiger partial charge on any atom is 0.250 e. The van der Waals surface area contributed by atoms with Gasteiger partial charge in [-0.05, 0) is 43.9 Å². The van der Waals surface area contributed by atoms with Crippen LogP contribution in [0.15, 0.2) is 18.2 Å². The van der Waals surface area contributed by atoms with Gasteiger partial charge in [-0.25, -0.2) is 0 Å². The first kappa shape index (κ1) is 12.9. The first-order chi connectivity index (χ1) is 8.49. The summed E-state index contributed by atoms with van der Waals surface area (Å²) in [7, 11) is 0. The molecular formula is C14H21N3O. The van der Waals surface area contributed by atoms with E-state index in [1.807, 2.05) is 32.0 Å². The first-order valence-electron chi connectivity index (χ1n) is 6.40. The van der Waals surface area contributed by atoms with Crippen LogP contribution in [0.1, 0.15) is 29.3 Å². The molecule has 18 heavy (non-hydrogen) atoms. The Morgan fingerprint density at radius 3 is 2.78 bits per heavy atom. The highest BCUT2D eigenvalue weighted by atomic mass is 16.1. The molecule has 1 aromatic carbocycles. The highest BCUT2D eigenvalue weighted by molar-refractivity contribution is 5.98. The number of benzene rings is 1. The summed E-state index contributed by atoms with van der Waals surface area (Å²) < 4.78 is 0. The molecule has 98 valence electrons. The van der Waals surface area contributed by atoms with Crippen molar-refractivity contribution in [3.05, 3.63) is 29.3 Å². The van der Waals surface area contributed by atoms with Crippen molar-refractivity contribution in [2.45, 2.75) is 26.3 Å². The van der Waals surface area contributed by atoms with E-state index in [0.717, 1.165) is 30.8 Å². The van der Waals surface area contributed by atoms with E-state index in [4.69, 9.17) is 11.5 Å². The smallest absolute Gasteiger partial charge is 0.250 e. The zero-order valence-corrected chi connectivity index (χ0v) is 11.0. The number of rotatable bonds is 3. The summed E-state index contributed by atoms with van der Waals surface area (Å²) in [5.74, 6) is 0.125. The average Bonchev–Trinajstić information content (AvgIpc) is 2.77. The maximum atomic E-state index is 11.5. The van der Waals surface area contributed by atoms with E-state index in [0.29, 0.717) is 11.5 Å². The number of hydrogen-bond donors (Lipinski definition) is 2. The van der Waals surface area contributed by atoms with Crippen LogP contribution in [0.4, 0.5) is 5.69 Å². The lowest BCUT2D eigenvalue weighted by Crippen LogP contribution is -2.30. The summed E-state index contributed by atoms with van der Waals surface area (Å²) in [6.07, 6.45) is 1.07. The molecule has 1 amide bonds. The molecule has 0 spiro atoms. The normalized spacial score (nSPS) is 21.1. The molecular weight excluding hydrogens is 226 g/mol. The topological polar surface area (TPSA) is 72.4 Å². The van der Waals surface area contributed by atoms with Gasteiger partial charge in [0.15, 0.2) is 0 Å². The van der Waals surface area contributed by atoms with Gasteiger partial charge in [0.1, 0.15) is 0 Å². The van der Waals surface area contributed by atoms with Crippen molar-refractivity contribution in [3.8, 4) is 0 Å². The Bertz CT molecular complexity index is 456. The Morgan fingerprint density at radius 1 is 1.50 bits per heavy atom. The number of hydrogen-bond acceptors (Lipinski definition) is 3. The van der Waals surface area contributed by atoms with E-state index in [2.05, 4.69) is 4.90 Å². The third kappa shape index (κ3) is 2.48. The molecule has 1 heterocycles. The Hall–Kier alpha value is -1.55. The lowest BCUT2D eigenvalue weighted by Gasteiger charge is -2.22.